The number of ether oxygens (including phenoxy) is 1. The minimum absolute atomic E-state index is 0.0977. The van der Waals surface area contributed by atoms with E-state index in [0.717, 1.165) is 63.7 Å². The fourth-order valence-electron chi connectivity index (χ4n) is 9.33. The number of aromatic nitrogens is 5. The number of pyridine rings is 1. The smallest absolute Gasteiger partial charge is 0.329 e. The van der Waals surface area contributed by atoms with Crippen LogP contribution >= 0.6 is 11.6 Å². The zero-order valence-corrected chi connectivity index (χ0v) is 37.1. The first-order valence-electron chi connectivity index (χ1n) is 21.5. The van der Waals surface area contributed by atoms with Crippen molar-refractivity contribution in [2.75, 3.05) is 38.1 Å². The second-order valence-corrected chi connectivity index (χ2v) is 19.4. The van der Waals surface area contributed by atoms with Crippen LogP contribution < -0.4 is 26.6 Å². The van der Waals surface area contributed by atoms with Crippen LogP contribution in [-0.4, -0.2) is 87.7 Å². The molecule has 3 aliphatic rings. The summed E-state index contributed by atoms with van der Waals surface area (Å²) in [6.45, 7) is 9.07. The molecule has 62 heavy (non-hydrogen) atoms. The molecule has 0 radical (unpaired) electrons. The van der Waals surface area contributed by atoms with Gasteiger partial charge in [0.25, 0.3) is 5.56 Å². The number of imide groups is 1. The van der Waals surface area contributed by atoms with Gasteiger partial charge in [-0.05, 0) is 138 Å². The first kappa shape index (κ1) is 43.7. The Labute approximate surface area is 365 Å². The Kier molecular flexibility index (Phi) is 12.7. The highest BCUT2D eigenvalue weighted by molar-refractivity contribution is 7.89. The molecular formula is C44H54ClN9O7S. The molecule has 1 aliphatic carbocycles. The first-order chi connectivity index (χ1) is 29.7. The Bertz CT molecular complexity index is 2750. The van der Waals surface area contributed by atoms with Gasteiger partial charge in [-0.15, -0.1) is 0 Å². The van der Waals surface area contributed by atoms with Gasteiger partial charge >= 0.3 is 5.69 Å². The lowest BCUT2D eigenvalue weighted by Gasteiger charge is -2.36. The zero-order chi connectivity index (χ0) is 43.9. The maximum Gasteiger partial charge on any atom is 0.329 e. The summed E-state index contributed by atoms with van der Waals surface area (Å²) in [6.07, 6.45) is 8.33. The van der Waals surface area contributed by atoms with Gasteiger partial charge in [-0.2, -0.15) is 4.98 Å². The third kappa shape index (κ3) is 9.09. The number of fused-ring (bicyclic) bond motifs is 2. The Hall–Kier alpha value is -4.94. The highest BCUT2D eigenvalue weighted by Gasteiger charge is 2.32. The Morgan fingerprint density at radius 3 is 2.42 bits per heavy atom. The van der Waals surface area contributed by atoms with Crippen molar-refractivity contribution in [3.05, 3.63) is 85.6 Å². The van der Waals surface area contributed by atoms with Crippen molar-refractivity contribution in [1.29, 1.82) is 0 Å². The third-order valence-electron chi connectivity index (χ3n) is 12.8. The van der Waals surface area contributed by atoms with Crippen molar-refractivity contribution in [2.24, 2.45) is 13.0 Å². The van der Waals surface area contributed by atoms with Crippen LogP contribution in [0.4, 0.5) is 11.6 Å². The number of rotatable bonds is 13. The van der Waals surface area contributed by atoms with Crippen molar-refractivity contribution in [3.8, 4) is 0 Å². The largest absolute Gasteiger partial charge is 0.377 e. The van der Waals surface area contributed by atoms with Crippen LogP contribution in [0.2, 0.25) is 5.02 Å². The normalized spacial score (nSPS) is 20.6. The fourth-order valence-corrected chi connectivity index (χ4v) is 10.6. The van der Waals surface area contributed by atoms with Gasteiger partial charge in [0.05, 0.1) is 28.6 Å². The summed E-state index contributed by atoms with van der Waals surface area (Å²) < 4.78 is 39.9. The number of imidazole rings is 1. The Morgan fingerprint density at radius 2 is 1.71 bits per heavy atom. The van der Waals surface area contributed by atoms with Crippen LogP contribution in [0.1, 0.15) is 94.3 Å². The number of nitrogens with one attached hydrogen (secondary N) is 3. The zero-order valence-electron chi connectivity index (χ0n) is 35.5. The number of anilines is 2. The van der Waals surface area contributed by atoms with Gasteiger partial charge < -0.3 is 15.0 Å². The highest BCUT2D eigenvalue weighted by Crippen LogP contribution is 2.34. The van der Waals surface area contributed by atoms with Gasteiger partial charge in [-0.3, -0.25) is 33.4 Å². The van der Waals surface area contributed by atoms with Crippen molar-refractivity contribution in [3.63, 3.8) is 0 Å². The van der Waals surface area contributed by atoms with E-state index in [1.54, 1.807) is 42.9 Å². The Morgan fingerprint density at radius 1 is 0.952 bits per heavy atom. The molecule has 1 saturated carbocycles. The van der Waals surface area contributed by atoms with Crippen molar-refractivity contribution in [2.45, 2.75) is 101 Å². The topological polar surface area (TPSA) is 192 Å². The predicted octanol–water partition coefficient (Wildman–Crippen LogP) is 5.44. The van der Waals surface area contributed by atoms with Gasteiger partial charge in [-0.25, -0.2) is 22.9 Å². The second kappa shape index (κ2) is 18.0. The van der Waals surface area contributed by atoms with Crippen LogP contribution in [0, 0.1) is 12.8 Å². The summed E-state index contributed by atoms with van der Waals surface area (Å²) in [5.41, 5.74) is 3.89. The highest BCUT2D eigenvalue weighted by atomic mass is 35.5. The molecule has 2 aliphatic heterocycles. The number of carbonyl (C=O) groups is 2. The van der Waals surface area contributed by atoms with Crippen LogP contribution in [0.25, 0.3) is 22.1 Å². The lowest BCUT2D eigenvalue weighted by Crippen LogP contribution is -2.44. The monoisotopic (exact) mass is 887 g/mol. The number of carbonyl (C=O) groups excluding carboxylic acids is 2. The summed E-state index contributed by atoms with van der Waals surface area (Å²) in [4.78, 5) is 61.9. The molecule has 2 saturated heterocycles. The molecule has 3 fully saturated rings. The third-order valence-corrected chi connectivity index (χ3v) is 14.5. The van der Waals surface area contributed by atoms with Crippen LogP contribution in [-0.2, 0) is 31.4 Å². The van der Waals surface area contributed by atoms with Crippen LogP contribution in [0.3, 0.4) is 0 Å². The Balaban J connectivity index is 0.767. The molecule has 16 nitrogen and oxygen atoms in total. The van der Waals surface area contributed by atoms with Gasteiger partial charge in [0.2, 0.25) is 27.8 Å². The molecule has 3 aromatic heterocycles. The first-order valence-corrected chi connectivity index (χ1v) is 23.4. The summed E-state index contributed by atoms with van der Waals surface area (Å²) in [6, 6.07) is 11.6. The van der Waals surface area contributed by atoms with Gasteiger partial charge in [-0.1, -0.05) is 17.7 Å². The number of nitrogens with zero attached hydrogens (tertiary/aromatic N) is 6. The molecule has 2 aromatic carbocycles. The van der Waals surface area contributed by atoms with Gasteiger partial charge in [0.1, 0.15) is 16.7 Å². The molecule has 0 spiro atoms. The number of hydrogen-bond donors (Lipinski definition) is 3. The average Bonchev–Trinajstić information content (AvgIpc) is 3.49. The molecule has 0 bridgehead atoms. The second-order valence-electron chi connectivity index (χ2n) is 17.2. The molecule has 330 valence electrons. The average molecular weight is 888 g/mol. The van der Waals surface area contributed by atoms with E-state index < -0.39 is 22.0 Å². The quantitative estimate of drug-likeness (QED) is 0.101. The minimum Gasteiger partial charge on any atom is -0.377 e. The fraction of sp³-hybridized carbons (Fsp3) is 0.500. The van der Waals surface area contributed by atoms with Crippen molar-refractivity contribution in [1.82, 2.24) is 38.6 Å². The molecule has 1 atom stereocenters. The lowest BCUT2D eigenvalue weighted by atomic mass is 9.85. The maximum atomic E-state index is 13.2. The molecule has 1 unspecified atom stereocenters. The van der Waals surface area contributed by atoms with Crippen LogP contribution in [0.15, 0.2) is 63.1 Å². The number of aryl methyl sites for hydroxylation is 2. The summed E-state index contributed by atoms with van der Waals surface area (Å²) in [5, 5.41) is 6.25. The van der Waals surface area contributed by atoms with Gasteiger partial charge in [0.15, 0.2) is 0 Å². The molecule has 18 heteroatoms. The van der Waals surface area contributed by atoms with Gasteiger partial charge in [0, 0.05) is 49.9 Å². The van der Waals surface area contributed by atoms with E-state index in [9.17, 15) is 27.6 Å². The number of amides is 2. The van der Waals surface area contributed by atoms with E-state index >= 15 is 0 Å². The molecule has 2 amide bonds. The van der Waals surface area contributed by atoms with Crippen molar-refractivity contribution >= 4 is 67.1 Å². The van der Waals surface area contributed by atoms with Crippen LogP contribution in [0.5, 0.6) is 0 Å². The predicted molar refractivity (Wildman–Crippen MR) is 238 cm³/mol. The number of halogens is 1. The summed E-state index contributed by atoms with van der Waals surface area (Å²) in [5.74, 6) is 0.517. The van der Waals surface area contributed by atoms with E-state index in [0.29, 0.717) is 46.1 Å². The molecule has 3 N–H and O–H groups in total. The molecule has 5 heterocycles. The van der Waals surface area contributed by atoms with E-state index in [4.69, 9.17) is 16.3 Å². The standard InChI is InChI=1S/C44H54ClN9O7S/c1-26(2)53-40-31(22-34(45)42(53)57)24-46-43(50-40)48-35-11-10-33(21-27(35)3)62(59,60)47-17-20-61-32-8-5-28(6-9-32)25-52-18-15-29(16-19-52)30-7-12-36-38(23-30)51(4)44(58)54(36)37-13-14-39(55)49-41(37)56/h7,10-12,21-24,26,28-29,32,37,47H,5-6,8-9,13-20,25H2,1-4H3,(H,46,48,50)(H,49,55,56). The number of benzene rings is 2. The number of likely N-dealkylation sites (tertiary alicyclic amines) is 1. The summed E-state index contributed by atoms with van der Waals surface area (Å²) >= 11 is 6.15. The molecular weight excluding hydrogens is 834 g/mol. The molecule has 8 rings (SSSR count). The van der Waals surface area contributed by atoms with E-state index in [2.05, 4.69) is 42.4 Å². The maximum absolute atomic E-state index is 13.2. The van der Waals surface area contributed by atoms with E-state index in [1.807, 2.05) is 19.9 Å². The summed E-state index contributed by atoms with van der Waals surface area (Å²) in [7, 11) is -2.04. The number of hydrogen-bond acceptors (Lipinski definition) is 11. The lowest BCUT2D eigenvalue weighted by molar-refractivity contribution is -0.135. The SMILES string of the molecule is Cc1cc(S(=O)(=O)NCCOC2CCC(CN3CCC(c4ccc5c(c4)n(C)c(=O)n5C4CCC(=O)NC4=O)CC3)CC2)ccc1Nc1ncc2cc(Cl)c(=O)n(C(C)C)c2n1. The van der Waals surface area contributed by atoms with Crippen molar-refractivity contribution < 1.29 is 22.7 Å². The van der Waals surface area contributed by atoms with E-state index in [-0.39, 0.29) is 64.7 Å². The minimum atomic E-state index is -3.78. The number of sulfonamides is 1. The number of piperidine rings is 2. The van der Waals surface area contributed by atoms with E-state index in [1.165, 1.54) is 20.8 Å². The molecule has 5 aromatic rings.